The van der Waals surface area contributed by atoms with Gasteiger partial charge in [-0.3, -0.25) is 0 Å². The molecule has 1 aliphatic rings. The van der Waals surface area contributed by atoms with Gasteiger partial charge in [0.2, 0.25) is 0 Å². The highest BCUT2D eigenvalue weighted by atomic mass is 32.2. The Kier molecular flexibility index (Phi) is 4.57. The Morgan fingerprint density at radius 3 is 2.82 bits per heavy atom. The van der Waals surface area contributed by atoms with E-state index in [0.29, 0.717) is 0 Å². The molecule has 22 heavy (non-hydrogen) atoms. The molecule has 0 saturated carbocycles. The second-order valence-electron chi connectivity index (χ2n) is 5.62. The number of hydrogen-bond donors (Lipinski definition) is 1. The Hall–Kier alpha value is -1.68. The van der Waals surface area contributed by atoms with Crippen molar-refractivity contribution in [3.63, 3.8) is 0 Å². The molecule has 0 bridgehead atoms. The van der Waals surface area contributed by atoms with Gasteiger partial charge in [0, 0.05) is 30.2 Å². The molecular formula is C18H21FN2S. The monoisotopic (exact) mass is 316 g/mol. The number of halogens is 1. The average Bonchev–Trinajstić information content (AvgIpc) is 2.53. The molecule has 0 unspecified atom stereocenters. The molecule has 0 amide bonds. The fourth-order valence-corrected chi connectivity index (χ4v) is 3.38. The minimum Gasteiger partial charge on any atom is -0.367 e. The van der Waals surface area contributed by atoms with E-state index in [4.69, 9.17) is 0 Å². The number of anilines is 2. The van der Waals surface area contributed by atoms with Crippen LogP contribution in [0.3, 0.4) is 0 Å². The first-order chi connectivity index (χ1) is 10.7. The molecule has 3 rings (SSSR count). The SMILES string of the molecule is CCSNc1ccc(N2CCc3cc(F)ccc3C2)cc1C. The molecule has 2 aromatic rings. The van der Waals surface area contributed by atoms with Gasteiger partial charge in [0.05, 0.1) is 0 Å². The van der Waals surface area contributed by atoms with Crippen molar-refractivity contribution in [3.8, 4) is 0 Å². The molecule has 0 atom stereocenters. The van der Waals surface area contributed by atoms with Crippen LogP contribution in [-0.4, -0.2) is 12.3 Å². The zero-order chi connectivity index (χ0) is 15.5. The standard InChI is InChI=1S/C18H21FN2S/c1-3-22-20-18-7-6-17(10-13(18)2)21-9-8-14-11-16(19)5-4-15(14)12-21/h4-7,10-11,20H,3,8-9,12H2,1-2H3. The van der Waals surface area contributed by atoms with Crippen LogP contribution >= 0.6 is 11.9 Å². The van der Waals surface area contributed by atoms with Crippen molar-refractivity contribution < 1.29 is 4.39 Å². The van der Waals surface area contributed by atoms with Crippen LogP contribution < -0.4 is 9.62 Å². The largest absolute Gasteiger partial charge is 0.367 e. The molecule has 2 nitrogen and oxygen atoms in total. The van der Waals surface area contributed by atoms with E-state index < -0.39 is 0 Å². The van der Waals surface area contributed by atoms with Gasteiger partial charge in [0.15, 0.2) is 0 Å². The number of nitrogens with one attached hydrogen (secondary N) is 1. The second-order valence-corrected chi connectivity index (χ2v) is 6.69. The van der Waals surface area contributed by atoms with Crippen molar-refractivity contribution in [1.82, 2.24) is 0 Å². The fourth-order valence-electron chi connectivity index (χ4n) is 2.85. The first-order valence-corrected chi connectivity index (χ1v) is 8.66. The van der Waals surface area contributed by atoms with Gasteiger partial charge in [-0.15, -0.1) is 0 Å². The van der Waals surface area contributed by atoms with E-state index in [9.17, 15) is 4.39 Å². The number of nitrogens with zero attached hydrogens (tertiary/aromatic N) is 1. The van der Waals surface area contributed by atoms with Gasteiger partial charge in [-0.05, 0) is 60.4 Å². The summed E-state index contributed by atoms with van der Waals surface area (Å²) in [6, 6.07) is 11.7. The molecule has 0 spiro atoms. The molecule has 116 valence electrons. The van der Waals surface area contributed by atoms with Gasteiger partial charge < -0.3 is 9.62 Å². The maximum Gasteiger partial charge on any atom is 0.123 e. The van der Waals surface area contributed by atoms with Gasteiger partial charge in [0.1, 0.15) is 5.82 Å². The first kappa shape index (κ1) is 15.2. The lowest BCUT2D eigenvalue weighted by molar-refractivity contribution is 0.619. The zero-order valence-corrected chi connectivity index (χ0v) is 13.8. The average molecular weight is 316 g/mol. The van der Waals surface area contributed by atoms with Crippen LogP contribution in [0.25, 0.3) is 0 Å². The molecule has 1 N–H and O–H groups in total. The van der Waals surface area contributed by atoms with Crippen LogP contribution in [0.1, 0.15) is 23.6 Å². The van der Waals surface area contributed by atoms with Crippen LogP contribution in [0, 0.1) is 12.7 Å². The quantitative estimate of drug-likeness (QED) is 0.817. The summed E-state index contributed by atoms with van der Waals surface area (Å²) < 4.78 is 16.7. The van der Waals surface area contributed by atoms with Gasteiger partial charge in [-0.25, -0.2) is 4.39 Å². The Labute approximate surface area is 135 Å². The highest BCUT2D eigenvalue weighted by molar-refractivity contribution is 8.00. The maximum atomic E-state index is 13.3. The van der Waals surface area contributed by atoms with E-state index in [1.54, 1.807) is 24.1 Å². The molecule has 0 saturated heterocycles. The van der Waals surface area contributed by atoms with E-state index in [1.807, 2.05) is 6.07 Å². The Morgan fingerprint density at radius 1 is 1.18 bits per heavy atom. The third-order valence-corrected chi connectivity index (χ3v) is 4.74. The molecular weight excluding hydrogens is 295 g/mol. The minimum atomic E-state index is -0.133. The lowest BCUT2D eigenvalue weighted by atomic mass is 9.99. The van der Waals surface area contributed by atoms with Crippen molar-refractivity contribution in [2.24, 2.45) is 0 Å². The van der Waals surface area contributed by atoms with Crippen LogP contribution in [0.4, 0.5) is 15.8 Å². The number of rotatable bonds is 4. The summed E-state index contributed by atoms with van der Waals surface area (Å²) in [5.74, 6) is 0.910. The number of hydrogen-bond acceptors (Lipinski definition) is 3. The lowest BCUT2D eigenvalue weighted by Gasteiger charge is -2.31. The highest BCUT2D eigenvalue weighted by Gasteiger charge is 2.17. The lowest BCUT2D eigenvalue weighted by Crippen LogP contribution is -2.30. The summed E-state index contributed by atoms with van der Waals surface area (Å²) in [4.78, 5) is 2.37. The van der Waals surface area contributed by atoms with Crippen molar-refractivity contribution in [2.75, 3.05) is 21.9 Å². The summed E-state index contributed by atoms with van der Waals surface area (Å²) in [5.41, 5.74) is 6.04. The number of aryl methyl sites for hydroxylation is 1. The second kappa shape index (κ2) is 6.61. The third kappa shape index (κ3) is 3.22. The normalized spacial score (nSPS) is 13.9. The van der Waals surface area contributed by atoms with E-state index >= 15 is 0 Å². The zero-order valence-electron chi connectivity index (χ0n) is 13.0. The van der Waals surface area contributed by atoms with Crippen molar-refractivity contribution in [3.05, 3.63) is 58.9 Å². The predicted octanol–water partition coefficient (Wildman–Crippen LogP) is 4.78. The van der Waals surface area contributed by atoms with Crippen LogP contribution in [0.2, 0.25) is 0 Å². The van der Waals surface area contributed by atoms with Gasteiger partial charge in [-0.2, -0.15) is 0 Å². The van der Waals surface area contributed by atoms with Crippen molar-refractivity contribution in [2.45, 2.75) is 26.8 Å². The summed E-state index contributed by atoms with van der Waals surface area (Å²) in [6.07, 6.45) is 0.901. The number of fused-ring (bicyclic) bond motifs is 1. The molecule has 0 aliphatic carbocycles. The van der Waals surface area contributed by atoms with E-state index in [1.165, 1.54) is 22.5 Å². The molecule has 0 radical (unpaired) electrons. The first-order valence-electron chi connectivity index (χ1n) is 7.68. The number of benzene rings is 2. The van der Waals surface area contributed by atoms with Gasteiger partial charge >= 0.3 is 0 Å². The van der Waals surface area contributed by atoms with Crippen LogP contribution in [-0.2, 0) is 13.0 Å². The Morgan fingerprint density at radius 2 is 2.05 bits per heavy atom. The topological polar surface area (TPSA) is 15.3 Å². The fraction of sp³-hybridized carbons (Fsp3) is 0.333. The van der Waals surface area contributed by atoms with E-state index in [-0.39, 0.29) is 5.82 Å². The van der Waals surface area contributed by atoms with Gasteiger partial charge in [-0.1, -0.05) is 24.9 Å². The Balaban J connectivity index is 1.78. The molecule has 0 aromatic heterocycles. The molecule has 4 heteroatoms. The van der Waals surface area contributed by atoms with Crippen LogP contribution in [0.5, 0.6) is 0 Å². The molecule has 2 aromatic carbocycles. The van der Waals surface area contributed by atoms with Gasteiger partial charge in [0.25, 0.3) is 0 Å². The third-order valence-electron chi connectivity index (χ3n) is 4.08. The molecule has 0 fully saturated rings. The summed E-state index contributed by atoms with van der Waals surface area (Å²) in [5, 5.41) is 0. The predicted molar refractivity (Wildman–Crippen MR) is 94.1 cm³/mol. The molecule has 1 aliphatic heterocycles. The Bertz CT molecular complexity index is 672. The smallest absolute Gasteiger partial charge is 0.123 e. The summed E-state index contributed by atoms with van der Waals surface area (Å²) in [7, 11) is 0. The van der Waals surface area contributed by atoms with Crippen molar-refractivity contribution in [1.29, 1.82) is 0 Å². The summed E-state index contributed by atoms with van der Waals surface area (Å²) in [6.45, 7) is 6.06. The van der Waals surface area contributed by atoms with Crippen molar-refractivity contribution >= 4 is 23.3 Å². The maximum absolute atomic E-state index is 13.3. The van der Waals surface area contributed by atoms with Crippen LogP contribution in [0.15, 0.2) is 36.4 Å². The highest BCUT2D eigenvalue weighted by Crippen LogP contribution is 2.28. The molecule has 1 heterocycles. The summed E-state index contributed by atoms with van der Waals surface area (Å²) >= 11 is 1.71. The van der Waals surface area contributed by atoms with E-state index in [0.717, 1.165) is 30.8 Å². The minimum absolute atomic E-state index is 0.133. The van der Waals surface area contributed by atoms with E-state index in [2.05, 4.69) is 41.7 Å².